The maximum atomic E-state index is 13.8. The molecule has 0 bridgehead atoms. The zero-order valence-electron chi connectivity index (χ0n) is 20.8. The highest BCUT2D eigenvalue weighted by molar-refractivity contribution is 9.10. The van der Waals surface area contributed by atoms with Gasteiger partial charge in [-0.05, 0) is 48.9 Å². The Kier molecular flexibility index (Phi) is 6.72. The number of nitrogens with one attached hydrogen (secondary N) is 1. The highest BCUT2D eigenvalue weighted by Crippen LogP contribution is 2.31. The third kappa shape index (κ3) is 4.96. The smallest absolute Gasteiger partial charge is 0.271 e. The predicted octanol–water partition coefficient (Wildman–Crippen LogP) is 5.90. The molecular weight excluding hydrogens is 574 g/mol. The Morgan fingerprint density at radius 3 is 2.38 bits per heavy atom. The van der Waals surface area contributed by atoms with Crippen LogP contribution in [0.15, 0.2) is 127 Å². The molecule has 1 aliphatic rings. The summed E-state index contributed by atoms with van der Waals surface area (Å²) in [7, 11) is 0. The highest BCUT2D eigenvalue weighted by atomic mass is 79.9. The SMILES string of the molecule is CC1=C(C(=O)Nc2ccccc2)[C@H](c2ccccc2)n2c(s/c(=C/c3ccc(-c4ccc(Br)cc4)o3)c2=O)=N1. The van der Waals surface area contributed by atoms with Crippen LogP contribution in [0.1, 0.15) is 24.3 Å². The summed E-state index contributed by atoms with van der Waals surface area (Å²) >= 11 is 4.73. The van der Waals surface area contributed by atoms with Gasteiger partial charge in [0, 0.05) is 21.8 Å². The van der Waals surface area contributed by atoms with Crippen molar-refractivity contribution in [3.8, 4) is 11.3 Å². The molecule has 2 aromatic heterocycles. The predicted molar refractivity (Wildman–Crippen MR) is 157 cm³/mol. The molecular formula is C31H22BrN3O3S. The number of furan rings is 1. The minimum absolute atomic E-state index is 0.230. The van der Waals surface area contributed by atoms with Crippen LogP contribution in [0, 0.1) is 0 Å². The Balaban J connectivity index is 1.44. The van der Waals surface area contributed by atoms with Crippen molar-refractivity contribution in [3.63, 3.8) is 0 Å². The van der Waals surface area contributed by atoms with Crippen molar-refractivity contribution in [3.05, 3.63) is 144 Å². The topological polar surface area (TPSA) is 76.6 Å². The fourth-order valence-electron chi connectivity index (χ4n) is 4.61. The summed E-state index contributed by atoms with van der Waals surface area (Å²) in [6, 6.07) is 29.8. The molecule has 0 saturated heterocycles. The van der Waals surface area contributed by atoms with E-state index in [0.29, 0.717) is 37.8 Å². The van der Waals surface area contributed by atoms with Gasteiger partial charge in [0.1, 0.15) is 11.5 Å². The molecule has 5 aromatic rings. The number of hydrogen-bond acceptors (Lipinski definition) is 5. The number of allylic oxidation sites excluding steroid dienone is 1. The molecule has 0 fully saturated rings. The summed E-state index contributed by atoms with van der Waals surface area (Å²) in [6.07, 6.45) is 1.73. The molecule has 8 heteroatoms. The number of thiazole rings is 1. The van der Waals surface area contributed by atoms with E-state index in [4.69, 9.17) is 9.41 Å². The number of amides is 1. The number of hydrogen-bond donors (Lipinski definition) is 1. The molecule has 1 atom stereocenters. The van der Waals surface area contributed by atoms with E-state index in [1.165, 1.54) is 11.3 Å². The zero-order valence-corrected chi connectivity index (χ0v) is 23.2. The van der Waals surface area contributed by atoms with Crippen molar-refractivity contribution >= 4 is 44.9 Å². The number of benzene rings is 3. The third-order valence-electron chi connectivity index (χ3n) is 6.44. The van der Waals surface area contributed by atoms with Crippen LogP contribution in [0.2, 0.25) is 0 Å². The third-order valence-corrected chi connectivity index (χ3v) is 7.95. The fraction of sp³-hybridized carbons (Fsp3) is 0.0645. The summed E-state index contributed by atoms with van der Waals surface area (Å²) in [4.78, 5) is 32.6. The van der Waals surface area contributed by atoms with E-state index in [0.717, 1.165) is 15.6 Å². The molecule has 0 aliphatic carbocycles. The lowest BCUT2D eigenvalue weighted by molar-refractivity contribution is -0.113. The van der Waals surface area contributed by atoms with Crippen molar-refractivity contribution in [2.24, 2.45) is 4.99 Å². The van der Waals surface area contributed by atoms with Gasteiger partial charge in [0.15, 0.2) is 4.80 Å². The van der Waals surface area contributed by atoms with E-state index in [2.05, 4.69) is 21.2 Å². The minimum atomic E-state index is -0.622. The van der Waals surface area contributed by atoms with Crippen LogP contribution in [-0.2, 0) is 4.79 Å². The normalized spacial score (nSPS) is 15.1. The molecule has 6 nitrogen and oxygen atoms in total. The molecule has 6 rings (SSSR count). The van der Waals surface area contributed by atoms with E-state index in [1.54, 1.807) is 10.6 Å². The molecule has 1 N–H and O–H groups in total. The van der Waals surface area contributed by atoms with Gasteiger partial charge in [0.2, 0.25) is 0 Å². The first-order chi connectivity index (χ1) is 19.0. The number of carbonyl (C=O) groups is 1. The van der Waals surface area contributed by atoms with Crippen molar-refractivity contribution in [2.45, 2.75) is 13.0 Å². The van der Waals surface area contributed by atoms with E-state index in [1.807, 2.05) is 104 Å². The summed E-state index contributed by atoms with van der Waals surface area (Å²) in [5.74, 6) is 0.974. The van der Waals surface area contributed by atoms with Crippen LogP contribution in [0.4, 0.5) is 5.69 Å². The second-order valence-corrected chi connectivity index (χ2v) is 10.9. The summed E-state index contributed by atoms with van der Waals surface area (Å²) in [6.45, 7) is 1.81. The molecule has 1 aliphatic heterocycles. The van der Waals surface area contributed by atoms with Crippen molar-refractivity contribution in [1.82, 2.24) is 4.57 Å². The van der Waals surface area contributed by atoms with Gasteiger partial charge in [-0.1, -0.05) is 87.9 Å². The number of carbonyl (C=O) groups excluding carboxylic acids is 1. The Morgan fingerprint density at radius 2 is 1.67 bits per heavy atom. The maximum absolute atomic E-state index is 13.8. The lowest BCUT2D eigenvalue weighted by atomic mass is 9.95. The molecule has 3 heterocycles. The van der Waals surface area contributed by atoms with Crippen molar-refractivity contribution in [2.75, 3.05) is 5.32 Å². The maximum Gasteiger partial charge on any atom is 0.271 e. The molecule has 0 saturated carbocycles. The first-order valence-corrected chi connectivity index (χ1v) is 13.9. The molecule has 39 heavy (non-hydrogen) atoms. The largest absolute Gasteiger partial charge is 0.457 e. The monoisotopic (exact) mass is 595 g/mol. The van der Waals surface area contributed by atoms with Crippen LogP contribution in [0.3, 0.4) is 0 Å². The molecule has 3 aromatic carbocycles. The quantitative estimate of drug-likeness (QED) is 0.275. The average molecular weight is 597 g/mol. The van der Waals surface area contributed by atoms with Gasteiger partial charge in [0.05, 0.1) is 21.8 Å². The number of halogens is 1. The summed E-state index contributed by atoms with van der Waals surface area (Å²) < 4.78 is 9.11. The molecule has 0 unspecified atom stereocenters. The molecule has 192 valence electrons. The van der Waals surface area contributed by atoms with Gasteiger partial charge in [-0.25, -0.2) is 4.99 Å². The Hall–Kier alpha value is -4.27. The van der Waals surface area contributed by atoms with E-state index < -0.39 is 6.04 Å². The highest BCUT2D eigenvalue weighted by Gasteiger charge is 2.32. The number of rotatable bonds is 5. The average Bonchev–Trinajstić information content (AvgIpc) is 3.53. The number of aromatic nitrogens is 1. The summed E-state index contributed by atoms with van der Waals surface area (Å²) in [5, 5.41) is 2.97. The van der Waals surface area contributed by atoms with Crippen LogP contribution < -0.4 is 20.2 Å². The van der Waals surface area contributed by atoms with Crippen molar-refractivity contribution in [1.29, 1.82) is 0 Å². The van der Waals surface area contributed by atoms with E-state index in [-0.39, 0.29) is 11.5 Å². The van der Waals surface area contributed by atoms with Crippen LogP contribution in [0.25, 0.3) is 17.4 Å². The Labute approximate surface area is 236 Å². The van der Waals surface area contributed by atoms with Gasteiger partial charge in [0.25, 0.3) is 11.5 Å². The zero-order chi connectivity index (χ0) is 26.9. The Morgan fingerprint density at radius 1 is 0.974 bits per heavy atom. The van der Waals surface area contributed by atoms with E-state index in [9.17, 15) is 9.59 Å². The van der Waals surface area contributed by atoms with Crippen LogP contribution >= 0.6 is 27.3 Å². The van der Waals surface area contributed by atoms with E-state index >= 15 is 0 Å². The van der Waals surface area contributed by atoms with Crippen LogP contribution in [0.5, 0.6) is 0 Å². The first-order valence-electron chi connectivity index (χ1n) is 12.3. The van der Waals surface area contributed by atoms with Gasteiger partial charge < -0.3 is 9.73 Å². The first kappa shape index (κ1) is 25.0. The lowest BCUT2D eigenvalue weighted by Gasteiger charge is -2.25. The number of anilines is 1. The lowest BCUT2D eigenvalue weighted by Crippen LogP contribution is -2.40. The standard InChI is InChI=1S/C31H22BrN3O3S/c1-19-27(29(36)34-23-10-6-3-7-11-23)28(21-8-4-2-5-9-21)35-30(37)26(39-31(35)33-19)18-24-16-17-25(38-24)20-12-14-22(32)15-13-20/h2-18,28H,1H3,(H,34,36)/b26-18+/t28-/m0/s1. The van der Waals surface area contributed by atoms with Gasteiger partial charge in [-0.15, -0.1) is 0 Å². The number of para-hydroxylation sites is 1. The van der Waals surface area contributed by atoms with Gasteiger partial charge >= 0.3 is 0 Å². The fourth-order valence-corrected chi connectivity index (χ4v) is 5.90. The van der Waals surface area contributed by atoms with Gasteiger partial charge in [-0.3, -0.25) is 14.2 Å². The second-order valence-electron chi connectivity index (χ2n) is 9.02. The van der Waals surface area contributed by atoms with Gasteiger partial charge in [-0.2, -0.15) is 0 Å². The second kappa shape index (κ2) is 10.5. The molecule has 0 spiro atoms. The number of fused-ring (bicyclic) bond motifs is 1. The minimum Gasteiger partial charge on any atom is -0.457 e. The van der Waals surface area contributed by atoms with Crippen molar-refractivity contribution < 1.29 is 9.21 Å². The molecule has 0 radical (unpaired) electrons. The molecule has 1 amide bonds. The summed E-state index contributed by atoms with van der Waals surface area (Å²) in [5.41, 5.74) is 3.21. The Bertz CT molecular complexity index is 1890. The van der Waals surface area contributed by atoms with Crippen LogP contribution in [-0.4, -0.2) is 10.5 Å². The number of nitrogens with zero attached hydrogens (tertiary/aromatic N) is 2.